The number of carbonyl (C=O) groups is 1. The van der Waals surface area contributed by atoms with E-state index < -0.39 is 0 Å². The molecule has 0 bridgehead atoms. The molecule has 8 nitrogen and oxygen atoms in total. The summed E-state index contributed by atoms with van der Waals surface area (Å²) in [6, 6.07) is 15.4. The zero-order chi connectivity index (χ0) is 22.4. The molecule has 5 heterocycles. The first-order valence-corrected chi connectivity index (χ1v) is 11.4. The molecule has 6 rings (SSSR count). The number of benzene rings is 1. The summed E-state index contributed by atoms with van der Waals surface area (Å²) in [5, 5.41) is 15.0. The van der Waals surface area contributed by atoms with Crippen molar-refractivity contribution in [3.63, 3.8) is 0 Å². The summed E-state index contributed by atoms with van der Waals surface area (Å²) in [4.78, 5) is 20.8. The van der Waals surface area contributed by atoms with Crippen molar-refractivity contribution in [2.45, 2.75) is 18.9 Å². The Bertz CT molecular complexity index is 1460. The van der Waals surface area contributed by atoms with Crippen molar-refractivity contribution >= 4 is 22.9 Å². The Balaban J connectivity index is 1.40. The second-order valence-electron chi connectivity index (χ2n) is 7.77. The molecular weight excluding hydrogens is 441 g/mol. The van der Waals surface area contributed by atoms with Crippen LogP contribution in [0.15, 0.2) is 66.2 Å². The predicted molar refractivity (Wildman–Crippen MR) is 121 cm³/mol. The molecule has 1 unspecified atom stereocenters. The van der Waals surface area contributed by atoms with Gasteiger partial charge < -0.3 is 4.90 Å². The van der Waals surface area contributed by atoms with E-state index in [1.165, 1.54) is 28.2 Å². The molecule has 164 valence electrons. The second kappa shape index (κ2) is 7.89. The third-order valence-corrected chi connectivity index (χ3v) is 6.61. The normalized spacial score (nSPS) is 16.0. The highest BCUT2D eigenvalue weighted by atomic mass is 32.1. The molecule has 5 aromatic rings. The van der Waals surface area contributed by atoms with Gasteiger partial charge in [0.15, 0.2) is 17.3 Å². The molecule has 1 aliphatic heterocycles. The number of thiophene rings is 1. The first-order valence-electron chi connectivity index (χ1n) is 10.6. The minimum atomic E-state index is -0.383. The quantitative estimate of drug-likeness (QED) is 0.403. The maximum absolute atomic E-state index is 13.9. The maximum Gasteiger partial charge on any atom is 0.294 e. The Morgan fingerprint density at radius 3 is 2.88 bits per heavy atom. The monoisotopic (exact) mass is 459 g/mol. The van der Waals surface area contributed by atoms with Gasteiger partial charge in [-0.15, -0.1) is 26.6 Å². The van der Waals surface area contributed by atoms with Gasteiger partial charge in [0.2, 0.25) is 5.82 Å². The largest absolute Gasteiger partial charge is 0.326 e. The average Bonchev–Trinajstić information content (AvgIpc) is 3.63. The van der Waals surface area contributed by atoms with Gasteiger partial charge in [0.1, 0.15) is 5.82 Å². The smallest absolute Gasteiger partial charge is 0.294 e. The Morgan fingerprint density at radius 1 is 1.09 bits per heavy atom. The van der Waals surface area contributed by atoms with E-state index in [4.69, 9.17) is 0 Å². The fourth-order valence-electron chi connectivity index (χ4n) is 4.25. The summed E-state index contributed by atoms with van der Waals surface area (Å²) in [5.74, 6) is 0.634. The SMILES string of the molecule is O=C(c1nc(-c2cccs2)n(-c2cccc(F)c2)n1)N1CCCC1c1nnc2ccccn12. The Hall–Kier alpha value is -3.92. The van der Waals surface area contributed by atoms with E-state index >= 15 is 0 Å². The van der Waals surface area contributed by atoms with Gasteiger partial charge in [-0.25, -0.2) is 14.1 Å². The Labute approximate surface area is 192 Å². The first-order chi connectivity index (χ1) is 16.2. The first kappa shape index (κ1) is 19.7. The number of amides is 1. The lowest BCUT2D eigenvalue weighted by molar-refractivity contribution is 0.0717. The van der Waals surface area contributed by atoms with Crippen molar-refractivity contribution in [1.82, 2.24) is 34.3 Å². The molecule has 0 radical (unpaired) electrons. The molecule has 1 saturated heterocycles. The highest BCUT2D eigenvalue weighted by Crippen LogP contribution is 2.33. The predicted octanol–water partition coefficient (Wildman–Crippen LogP) is 4.15. The number of hydrogen-bond acceptors (Lipinski definition) is 6. The fraction of sp³-hybridized carbons (Fsp3) is 0.174. The van der Waals surface area contributed by atoms with E-state index in [-0.39, 0.29) is 23.6 Å². The van der Waals surface area contributed by atoms with Gasteiger partial charge in [-0.1, -0.05) is 18.2 Å². The summed E-state index contributed by atoms with van der Waals surface area (Å²) >= 11 is 1.48. The van der Waals surface area contributed by atoms with Crippen molar-refractivity contribution in [2.75, 3.05) is 6.54 Å². The van der Waals surface area contributed by atoms with Crippen LogP contribution in [-0.4, -0.2) is 46.7 Å². The molecule has 0 aliphatic carbocycles. The lowest BCUT2D eigenvalue weighted by Crippen LogP contribution is -2.32. The van der Waals surface area contributed by atoms with Crippen molar-refractivity contribution < 1.29 is 9.18 Å². The maximum atomic E-state index is 13.9. The molecule has 0 saturated carbocycles. The highest BCUT2D eigenvalue weighted by molar-refractivity contribution is 7.13. The third kappa shape index (κ3) is 3.39. The fourth-order valence-corrected chi connectivity index (χ4v) is 4.95. The molecule has 1 fully saturated rings. The van der Waals surface area contributed by atoms with E-state index in [1.54, 1.807) is 17.0 Å². The number of hydrogen-bond donors (Lipinski definition) is 0. The average molecular weight is 460 g/mol. The highest BCUT2D eigenvalue weighted by Gasteiger charge is 2.36. The van der Waals surface area contributed by atoms with Gasteiger partial charge in [-0.05, 0) is 54.6 Å². The summed E-state index contributed by atoms with van der Waals surface area (Å²) in [6.45, 7) is 0.577. The van der Waals surface area contributed by atoms with Gasteiger partial charge in [-0.2, -0.15) is 0 Å². The van der Waals surface area contributed by atoms with Crippen LogP contribution in [0.5, 0.6) is 0 Å². The number of pyridine rings is 1. The van der Waals surface area contributed by atoms with Crippen LogP contribution in [0.2, 0.25) is 0 Å². The second-order valence-corrected chi connectivity index (χ2v) is 8.72. The number of rotatable bonds is 4. The molecule has 1 atom stereocenters. The summed E-state index contributed by atoms with van der Waals surface area (Å²) in [5.41, 5.74) is 1.24. The number of aromatic nitrogens is 6. The molecule has 1 aromatic carbocycles. The number of nitrogens with zero attached hydrogens (tertiary/aromatic N) is 7. The van der Waals surface area contributed by atoms with Crippen LogP contribution in [0.25, 0.3) is 22.0 Å². The molecule has 33 heavy (non-hydrogen) atoms. The van der Waals surface area contributed by atoms with E-state index in [0.29, 0.717) is 18.1 Å². The van der Waals surface area contributed by atoms with Crippen molar-refractivity contribution in [3.05, 3.63) is 83.6 Å². The van der Waals surface area contributed by atoms with Gasteiger partial charge in [-0.3, -0.25) is 9.20 Å². The summed E-state index contributed by atoms with van der Waals surface area (Å²) in [7, 11) is 0. The standard InChI is InChI=1S/C23H18FN7OS/c24-15-6-3-7-16(14-15)31-22(18-9-5-13-33-18)25-20(28-31)23(32)29-12-4-8-17(29)21-27-26-19-10-1-2-11-30(19)21/h1-3,5-7,9-11,13-14,17H,4,8,12H2. The topological polar surface area (TPSA) is 81.2 Å². The summed E-state index contributed by atoms with van der Waals surface area (Å²) in [6.07, 6.45) is 3.53. The Morgan fingerprint density at radius 2 is 2.03 bits per heavy atom. The summed E-state index contributed by atoms with van der Waals surface area (Å²) < 4.78 is 17.4. The number of likely N-dealkylation sites (tertiary alicyclic amines) is 1. The van der Waals surface area contributed by atoms with Crippen LogP contribution in [0.3, 0.4) is 0 Å². The molecule has 4 aromatic heterocycles. The molecule has 1 amide bonds. The zero-order valence-corrected chi connectivity index (χ0v) is 18.2. The van der Waals surface area contributed by atoms with Crippen molar-refractivity contribution in [2.24, 2.45) is 0 Å². The van der Waals surface area contributed by atoms with Gasteiger partial charge in [0.25, 0.3) is 5.91 Å². The van der Waals surface area contributed by atoms with E-state index in [2.05, 4.69) is 20.3 Å². The third-order valence-electron chi connectivity index (χ3n) is 5.74. The van der Waals surface area contributed by atoms with Crippen molar-refractivity contribution in [3.8, 4) is 16.4 Å². The zero-order valence-electron chi connectivity index (χ0n) is 17.4. The van der Waals surface area contributed by atoms with Gasteiger partial charge in [0, 0.05) is 12.7 Å². The van der Waals surface area contributed by atoms with Gasteiger partial charge >= 0.3 is 0 Å². The van der Waals surface area contributed by atoms with Crippen LogP contribution in [0.1, 0.15) is 35.3 Å². The van der Waals surface area contributed by atoms with E-state index in [1.807, 2.05) is 46.3 Å². The minimum Gasteiger partial charge on any atom is -0.326 e. The van der Waals surface area contributed by atoms with Gasteiger partial charge in [0.05, 0.1) is 16.6 Å². The van der Waals surface area contributed by atoms with Crippen LogP contribution < -0.4 is 0 Å². The number of fused-ring (bicyclic) bond motifs is 1. The van der Waals surface area contributed by atoms with Crippen LogP contribution in [0.4, 0.5) is 4.39 Å². The molecule has 0 N–H and O–H groups in total. The molecule has 1 aliphatic rings. The molecule has 10 heteroatoms. The molecular formula is C23H18FN7OS. The molecule has 0 spiro atoms. The lowest BCUT2D eigenvalue weighted by Gasteiger charge is -2.22. The van der Waals surface area contributed by atoms with E-state index in [0.717, 1.165) is 29.2 Å². The van der Waals surface area contributed by atoms with E-state index in [9.17, 15) is 9.18 Å². The Kier molecular flexibility index (Phi) is 4.72. The number of halogens is 1. The van der Waals surface area contributed by atoms with Crippen molar-refractivity contribution in [1.29, 1.82) is 0 Å². The van der Waals surface area contributed by atoms with Crippen LogP contribution in [0, 0.1) is 5.82 Å². The van der Waals surface area contributed by atoms with Crippen LogP contribution in [-0.2, 0) is 0 Å². The van der Waals surface area contributed by atoms with Crippen LogP contribution >= 0.6 is 11.3 Å². The number of carbonyl (C=O) groups excluding carboxylic acids is 1. The lowest BCUT2D eigenvalue weighted by atomic mass is 10.2. The minimum absolute atomic E-state index is 0.0726.